The van der Waals surface area contributed by atoms with Gasteiger partial charge in [0, 0.05) is 25.2 Å². The number of rotatable bonds is 6. The lowest BCUT2D eigenvalue weighted by atomic mass is 10.2. The summed E-state index contributed by atoms with van der Waals surface area (Å²) < 4.78 is 0. The molecule has 0 spiro atoms. The van der Waals surface area contributed by atoms with Crippen LogP contribution < -0.4 is 10.6 Å². The first-order chi connectivity index (χ1) is 8.50. The van der Waals surface area contributed by atoms with Crippen molar-refractivity contribution in [1.82, 2.24) is 10.6 Å². The highest BCUT2D eigenvalue weighted by atomic mass is 35.5. The summed E-state index contributed by atoms with van der Waals surface area (Å²) in [5.41, 5.74) is 0.472. The van der Waals surface area contributed by atoms with E-state index in [1.54, 1.807) is 19.1 Å². The van der Waals surface area contributed by atoms with E-state index in [0.717, 1.165) is 0 Å². The molecule has 1 atom stereocenters. The molecule has 1 rings (SSSR count). The van der Waals surface area contributed by atoms with Crippen LogP contribution in [0.4, 0.5) is 0 Å². The number of nitrogens with one attached hydrogen (secondary N) is 2. The lowest BCUT2D eigenvalue weighted by molar-refractivity contribution is 0.0953. The molecule has 0 aliphatic carbocycles. The summed E-state index contributed by atoms with van der Waals surface area (Å²) in [5, 5.41) is 15.5. The van der Waals surface area contributed by atoms with E-state index < -0.39 is 6.10 Å². The molecular weight excluding hydrogens is 275 g/mol. The number of aliphatic hydroxyl groups excluding tert-OH is 1. The van der Waals surface area contributed by atoms with E-state index in [9.17, 15) is 4.79 Å². The number of benzene rings is 1. The predicted molar refractivity (Wildman–Crippen MR) is 73.3 cm³/mol. The number of amides is 1. The van der Waals surface area contributed by atoms with Crippen molar-refractivity contribution >= 4 is 29.1 Å². The van der Waals surface area contributed by atoms with Crippen molar-refractivity contribution in [1.29, 1.82) is 0 Å². The first kappa shape index (κ1) is 15.2. The van der Waals surface area contributed by atoms with Crippen molar-refractivity contribution in [2.75, 3.05) is 19.6 Å². The van der Waals surface area contributed by atoms with E-state index in [1.165, 1.54) is 6.07 Å². The Morgan fingerprint density at radius 3 is 2.67 bits per heavy atom. The monoisotopic (exact) mass is 290 g/mol. The molecule has 4 nitrogen and oxygen atoms in total. The van der Waals surface area contributed by atoms with Crippen LogP contribution in [0.1, 0.15) is 17.3 Å². The Hall–Kier alpha value is -0.810. The molecule has 0 saturated carbocycles. The molecule has 1 aromatic rings. The SMILES string of the molecule is CC(O)CNCCNC(=O)c1ccc(Cl)c(Cl)c1. The zero-order chi connectivity index (χ0) is 13.5. The quantitative estimate of drug-likeness (QED) is 0.699. The summed E-state index contributed by atoms with van der Waals surface area (Å²) in [6.07, 6.45) is -0.393. The van der Waals surface area contributed by atoms with Crippen LogP contribution in [0.15, 0.2) is 18.2 Å². The Labute approximate surface area is 116 Å². The van der Waals surface area contributed by atoms with Crippen molar-refractivity contribution in [2.24, 2.45) is 0 Å². The Morgan fingerprint density at radius 1 is 1.33 bits per heavy atom. The third-order valence-electron chi connectivity index (χ3n) is 2.21. The third kappa shape index (κ3) is 5.23. The molecule has 1 aromatic carbocycles. The molecule has 0 aliphatic heterocycles. The van der Waals surface area contributed by atoms with Crippen molar-refractivity contribution in [3.8, 4) is 0 Å². The van der Waals surface area contributed by atoms with Crippen LogP contribution in [-0.2, 0) is 0 Å². The molecule has 0 saturated heterocycles. The smallest absolute Gasteiger partial charge is 0.251 e. The standard InChI is InChI=1S/C12H16Cl2N2O2/c1-8(17)7-15-4-5-16-12(18)9-2-3-10(13)11(14)6-9/h2-3,6,8,15,17H,4-5,7H2,1H3,(H,16,18). The molecule has 1 amide bonds. The van der Waals surface area contributed by atoms with Crippen LogP contribution in [0, 0.1) is 0 Å². The van der Waals surface area contributed by atoms with Gasteiger partial charge >= 0.3 is 0 Å². The first-order valence-corrected chi connectivity index (χ1v) is 6.38. The summed E-state index contributed by atoms with van der Waals surface area (Å²) in [7, 11) is 0. The second-order valence-corrected chi connectivity index (χ2v) is 4.75. The molecule has 1 unspecified atom stereocenters. The zero-order valence-corrected chi connectivity index (χ0v) is 11.6. The van der Waals surface area contributed by atoms with E-state index in [2.05, 4.69) is 10.6 Å². The second-order valence-electron chi connectivity index (χ2n) is 3.94. The van der Waals surface area contributed by atoms with Crippen molar-refractivity contribution in [3.05, 3.63) is 33.8 Å². The Bertz CT molecular complexity index is 411. The molecule has 0 bridgehead atoms. The highest BCUT2D eigenvalue weighted by molar-refractivity contribution is 6.42. The second kappa shape index (κ2) is 7.59. The van der Waals surface area contributed by atoms with E-state index in [4.69, 9.17) is 28.3 Å². The van der Waals surface area contributed by atoms with Crippen LogP contribution in [-0.4, -0.2) is 36.8 Å². The van der Waals surface area contributed by atoms with Crippen LogP contribution in [0.5, 0.6) is 0 Å². The summed E-state index contributed by atoms with van der Waals surface area (Å²) in [6.45, 7) is 3.27. The summed E-state index contributed by atoms with van der Waals surface area (Å²) in [5.74, 6) is -0.201. The van der Waals surface area contributed by atoms with Crippen LogP contribution in [0.25, 0.3) is 0 Å². The topological polar surface area (TPSA) is 61.4 Å². The van der Waals surface area contributed by atoms with E-state index >= 15 is 0 Å². The van der Waals surface area contributed by atoms with Crippen LogP contribution in [0.3, 0.4) is 0 Å². The average molecular weight is 291 g/mol. The minimum Gasteiger partial charge on any atom is -0.392 e. The van der Waals surface area contributed by atoms with Gasteiger partial charge in [0.1, 0.15) is 0 Å². The van der Waals surface area contributed by atoms with Gasteiger partial charge in [0.05, 0.1) is 16.1 Å². The van der Waals surface area contributed by atoms with Crippen LogP contribution in [0.2, 0.25) is 10.0 Å². The summed E-state index contributed by atoms with van der Waals surface area (Å²) in [4.78, 5) is 11.7. The number of aliphatic hydroxyl groups is 1. The normalized spacial score (nSPS) is 12.2. The van der Waals surface area contributed by atoms with Crippen LogP contribution >= 0.6 is 23.2 Å². The highest BCUT2D eigenvalue weighted by Gasteiger charge is 2.07. The van der Waals surface area contributed by atoms with Gasteiger partial charge in [-0.1, -0.05) is 23.2 Å². The Balaban J connectivity index is 2.34. The van der Waals surface area contributed by atoms with Gasteiger partial charge in [-0.25, -0.2) is 0 Å². The van der Waals surface area contributed by atoms with Crippen molar-refractivity contribution < 1.29 is 9.90 Å². The highest BCUT2D eigenvalue weighted by Crippen LogP contribution is 2.22. The van der Waals surface area contributed by atoms with Gasteiger partial charge in [0.25, 0.3) is 5.91 Å². The maximum Gasteiger partial charge on any atom is 0.251 e. The minimum absolute atomic E-state index is 0.201. The minimum atomic E-state index is -0.393. The fourth-order valence-corrected chi connectivity index (χ4v) is 1.61. The van der Waals surface area contributed by atoms with Gasteiger partial charge in [-0.15, -0.1) is 0 Å². The Kier molecular flexibility index (Phi) is 6.43. The largest absolute Gasteiger partial charge is 0.392 e. The molecule has 0 aliphatic rings. The molecule has 6 heteroatoms. The fourth-order valence-electron chi connectivity index (χ4n) is 1.31. The zero-order valence-electron chi connectivity index (χ0n) is 10.0. The number of hydrogen-bond donors (Lipinski definition) is 3. The molecule has 0 fully saturated rings. The van der Waals surface area contributed by atoms with E-state index in [0.29, 0.717) is 35.2 Å². The van der Waals surface area contributed by atoms with Gasteiger partial charge in [0.2, 0.25) is 0 Å². The number of hydrogen-bond acceptors (Lipinski definition) is 3. The maximum absolute atomic E-state index is 11.7. The van der Waals surface area contributed by atoms with Gasteiger partial charge in [-0.05, 0) is 25.1 Å². The number of carbonyl (C=O) groups excluding carboxylic acids is 1. The van der Waals surface area contributed by atoms with Gasteiger partial charge in [-0.3, -0.25) is 4.79 Å². The van der Waals surface area contributed by atoms with Gasteiger partial charge < -0.3 is 15.7 Å². The lowest BCUT2D eigenvalue weighted by Gasteiger charge is -2.08. The molecule has 0 heterocycles. The summed E-state index contributed by atoms with van der Waals surface area (Å²) in [6, 6.07) is 4.74. The van der Waals surface area contributed by atoms with Crippen molar-refractivity contribution in [2.45, 2.75) is 13.0 Å². The van der Waals surface area contributed by atoms with E-state index in [-0.39, 0.29) is 5.91 Å². The molecule has 100 valence electrons. The summed E-state index contributed by atoms with van der Waals surface area (Å²) >= 11 is 11.6. The molecule has 18 heavy (non-hydrogen) atoms. The van der Waals surface area contributed by atoms with E-state index in [1.807, 2.05) is 0 Å². The van der Waals surface area contributed by atoms with Gasteiger partial charge in [-0.2, -0.15) is 0 Å². The first-order valence-electron chi connectivity index (χ1n) is 5.62. The Morgan fingerprint density at radius 2 is 2.06 bits per heavy atom. The molecular formula is C12H16Cl2N2O2. The maximum atomic E-state index is 11.7. The van der Waals surface area contributed by atoms with Gasteiger partial charge in [0.15, 0.2) is 0 Å². The number of carbonyl (C=O) groups is 1. The fraction of sp³-hybridized carbons (Fsp3) is 0.417. The van der Waals surface area contributed by atoms with Crippen molar-refractivity contribution in [3.63, 3.8) is 0 Å². The molecule has 0 radical (unpaired) electrons. The third-order valence-corrected chi connectivity index (χ3v) is 2.95. The average Bonchev–Trinajstić information content (AvgIpc) is 2.31. The molecule has 3 N–H and O–H groups in total. The number of halogens is 2. The molecule has 0 aromatic heterocycles. The predicted octanol–water partition coefficient (Wildman–Crippen LogP) is 1.69. The lowest BCUT2D eigenvalue weighted by Crippen LogP contribution is -2.34.